The monoisotopic (exact) mass is 393 g/mol. The Hall–Kier alpha value is -1.54. The van der Waals surface area contributed by atoms with Crippen LogP contribution in [0.4, 0.5) is 13.2 Å². The summed E-state index contributed by atoms with van der Waals surface area (Å²) < 4.78 is 41.1. The van der Waals surface area contributed by atoms with Gasteiger partial charge >= 0.3 is 6.18 Å². The van der Waals surface area contributed by atoms with Crippen LogP contribution in [0, 0.1) is 0 Å². The first kappa shape index (κ1) is 20.8. The number of carbonyl (C=O) groups is 1. The second kappa shape index (κ2) is 8.43. The molecule has 1 aromatic rings. The highest BCUT2D eigenvalue weighted by molar-refractivity contribution is 6.32. The highest BCUT2D eigenvalue weighted by Crippen LogP contribution is 2.25. The minimum Gasteiger partial charge on any atom is -0.467 e. The van der Waals surface area contributed by atoms with Crippen molar-refractivity contribution in [3.8, 4) is 5.88 Å². The summed E-state index contributed by atoms with van der Waals surface area (Å²) in [6, 6.07) is 1.25. The number of nitrogens with one attached hydrogen (secondary N) is 1. The molecule has 5 nitrogen and oxygen atoms in total. The topological polar surface area (TPSA) is 54.5 Å². The number of halogens is 4. The summed E-state index contributed by atoms with van der Waals surface area (Å²) in [5.41, 5.74) is -0.0212. The van der Waals surface area contributed by atoms with Crippen LogP contribution in [0.5, 0.6) is 5.88 Å². The molecular weight excluding hydrogens is 371 g/mol. The van der Waals surface area contributed by atoms with E-state index in [0.717, 1.165) is 32.1 Å². The van der Waals surface area contributed by atoms with Crippen molar-refractivity contribution in [3.05, 3.63) is 22.8 Å². The van der Waals surface area contributed by atoms with Crippen molar-refractivity contribution in [1.82, 2.24) is 15.2 Å². The molecule has 1 fully saturated rings. The van der Waals surface area contributed by atoms with Crippen LogP contribution in [0.3, 0.4) is 0 Å². The summed E-state index contributed by atoms with van der Waals surface area (Å²) in [7, 11) is 0. The van der Waals surface area contributed by atoms with Crippen molar-refractivity contribution < 1.29 is 22.7 Å². The first-order chi connectivity index (χ1) is 12.1. The maximum absolute atomic E-state index is 12.3. The summed E-state index contributed by atoms with van der Waals surface area (Å²) in [4.78, 5) is 18.4. The number of nitrogens with zero attached hydrogens (tertiary/aromatic N) is 2. The lowest BCUT2D eigenvalue weighted by molar-refractivity contribution is -0.154. The SMILES string of the molecule is CC(C)(CNC(=O)c1cnc(OCC(F)(F)F)c(Cl)c1)N1CCCCC1. The van der Waals surface area contributed by atoms with Crippen LogP contribution >= 0.6 is 11.6 Å². The molecule has 1 amide bonds. The molecule has 2 heterocycles. The van der Waals surface area contributed by atoms with Crippen LogP contribution in [0.1, 0.15) is 43.5 Å². The summed E-state index contributed by atoms with van der Waals surface area (Å²) in [5, 5.41) is 2.70. The van der Waals surface area contributed by atoms with Gasteiger partial charge in [0, 0.05) is 18.3 Å². The molecule has 0 aliphatic carbocycles. The Balaban J connectivity index is 1.93. The molecule has 1 saturated heterocycles. The lowest BCUT2D eigenvalue weighted by Gasteiger charge is -2.41. The molecule has 1 aromatic heterocycles. The van der Waals surface area contributed by atoms with E-state index in [1.54, 1.807) is 0 Å². The smallest absolute Gasteiger partial charge is 0.422 e. The van der Waals surface area contributed by atoms with Gasteiger partial charge in [0.25, 0.3) is 5.91 Å². The molecule has 0 saturated carbocycles. The third kappa shape index (κ3) is 6.02. The standard InChI is InChI=1S/C17H23ClF3N3O2/c1-16(2,24-6-4-3-5-7-24)10-23-14(25)12-8-13(18)15(22-9-12)26-11-17(19,20)21/h8-9H,3-7,10-11H2,1-2H3,(H,23,25). The average molecular weight is 394 g/mol. The van der Waals surface area contributed by atoms with E-state index in [4.69, 9.17) is 11.6 Å². The minimum absolute atomic E-state index is 0.141. The van der Waals surface area contributed by atoms with Gasteiger partial charge < -0.3 is 10.1 Å². The number of likely N-dealkylation sites (tertiary alicyclic amines) is 1. The van der Waals surface area contributed by atoms with Crippen molar-refractivity contribution in [2.75, 3.05) is 26.2 Å². The predicted molar refractivity (Wildman–Crippen MR) is 92.6 cm³/mol. The molecular formula is C17H23ClF3N3O2. The van der Waals surface area contributed by atoms with Crippen LogP contribution in [0.2, 0.25) is 5.02 Å². The van der Waals surface area contributed by atoms with Crippen LogP contribution in [-0.2, 0) is 0 Å². The minimum atomic E-state index is -4.49. The molecule has 0 unspecified atom stereocenters. The van der Waals surface area contributed by atoms with Gasteiger partial charge in [-0.15, -0.1) is 0 Å². The fraction of sp³-hybridized carbons (Fsp3) is 0.647. The first-order valence-electron chi connectivity index (χ1n) is 8.47. The largest absolute Gasteiger partial charge is 0.467 e. The first-order valence-corrected chi connectivity index (χ1v) is 8.85. The van der Waals surface area contributed by atoms with Gasteiger partial charge in [0.05, 0.1) is 5.56 Å². The Morgan fingerprint density at radius 2 is 1.96 bits per heavy atom. The number of pyridine rings is 1. The van der Waals surface area contributed by atoms with Gasteiger partial charge in [0.2, 0.25) is 5.88 Å². The molecule has 0 atom stereocenters. The summed E-state index contributed by atoms with van der Waals surface area (Å²) >= 11 is 5.87. The molecule has 2 rings (SSSR count). The van der Waals surface area contributed by atoms with Gasteiger partial charge in [-0.3, -0.25) is 9.69 Å². The van der Waals surface area contributed by atoms with Gasteiger partial charge in [-0.1, -0.05) is 18.0 Å². The number of piperidine rings is 1. The number of hydrogen-bond donors (Lipinski definition) is 1. The number of carbonyl (C=O) groups excluding carboxylic acids is 1. The quantitative estimate of drug-likeness (QED) is 0.801. The fourth-order valence-corrected chi connectivity index (χ4v) is 3.04. The van der Waals surface area contributed by atoms with Crippen molar-refractivity contribution in [3.63, 3.8) is 0 Å². The van der Waals surface area contributed by atoms with Crippen LogP contribution in [0.25, 0.3) is 0 Å². The molecule has 0 aromatic carbocycles. The number of aromatic nitrogens is 1. The van der Waals surface area contributed by atoms with E-state index in [9.17, 15) is 18.0 Å². The van der Waals surface area contributed by atoms with Crippen molar-refractivity contribution in [2.24, 2.45) is 0 Å². The zero-order valence-electron chi connectivity index (χ0n) is 14.8. The summed E-state index contributed by atoms with van der Waals surface area (Å²) in [6.07, 6.45) is 0.195. The Labute approximate surface area is 155 Å². The highest BCUT2D eigenvalue weighted by Gasteiger charge is 2.30. The van der Waals surface area contributed by atoms with E-state index < -0.39 is 12.8 Å². The number of amides is 1. The predicted octanol–water partition coefficient (Wildman–Crippen LogP) is 3.67. The van der Waals surface area contributed by atoms with E-state index in [0.29, 0.717) is 6.54 Å². The van der Waals surface area contributed by atoms with Crippen LogP contribution < -0.4 is 10.1 Å². The molecule has 1 N–H and O–H groups in total. The van der Waals surface area contributed by atoms with E-state index in [1.807, 2.05) is 0 Å². The van der Waals surface area contributed by atoms with Gasteiger partial charge in [0.1, 0.15) is 5.02 Å². The average Bonchev–Trinajstić information content (AvgIpc) is 2.58. The molecule has 1 aliphatic rings. The zero-order valence-corrected chi connectivity index (χ0v) is 15.6. The van der Waals surface area contributed by atoms with Crippen LogP contribution in [0.15, 0.2) is 12.3 Å². The van der Waals surface area contributed by atoms with E-state index >= 15 is 0 Å². The number of alkyl halides is 3. The Kier molecular flexibility index (Phi) is 6.74. The van der Waals surface area contributed by atoms with E-state index in [-0.39, 0.29) is 27.9 Å². The Morgan fingerprint density at radius 3 is 2.54 bits per heavy atom. The van der Waals surface area contributed by atoms with E-state index in [1.165, 1.54) is 12.5 Å². The van der Waals surface area contributed by atoms with Crippen molar-refractivity contribution in [2.45, 2.75) is 44.8 Å². The van der Waals surface area contributed by atoms with Crippen molar-refractivity contribution in [1.29, 1.82) is 0 Å². The molecule has 0 radical (unpaired) electrons. The summed E-state index contributed by atoms with van der Waals surface area (Å²) in [6.45, 7) is 5.09. The molecule has 0 spiro atoms. The zero-order chi connectivity index (χ0) is 19.4. The lowest BCUT2D eigenvalue weighted by Crippen LogP contribution is -2.53. The molecule has 146 valence electrons. The normalized spacial score (nSPS) is 16.4. The Bertz CT molecular complexity index is 632. The molecule has 0 bridgehead atoms. The fourth-order valence-electron chi connectivity index (χ4n) is 2.82. The maximum atomic E-state index is 12.3. The number of rotatable bonds is 6. The number of ether oxygens (including phenoxy) is 1. The van der Waals surface area contributed by atoms with E-state index in [2.05, 4.69) is 33.8 Å². The number of hydrogen-bond acceptors (Lipinski definition) is 4. The third-order valence-electron chi connectivity index (χ3n) is 4.34. The lowest BCUT2D eigenvalue weighted by atomic mass is 9.98. The van der Waals surface area contributed by atoms with Gasteiger partial charge in [-0.2, -0.15) is 13.2 Å². The summed E-state index contributed by atoms with van der Waals surface area (Å²) in [5.74, 6) is -0.735. The molecule has 26 heavy (non-hydrogen) atoms. The van der Waals surface area contributed by atoms with Gasteiger partial charge in [-0.25, -0.2) is 4.98 Å². The molecule has 1 aliphatic heterocycles. The Morgan fingerprint density at radius 1 is 1.31 bits per heavy atom. The second-order valence-corrected chi connectivity index (χ2v) is 7.36. The third-order valence-corrected chi connectivity index (χ3v) is 4.61. The van der Waals surface area contributed by atoms with Gasteiger partial charge in [-0.05, 0) is 45.8 Å². The highest BCUT2D eigenvalue weighted by atomic mass is 35.5. The second-order valence-electron chi connectivity index (χ2n) is 6.96. The van der Waals surface area contributed by atoms with Gasteiger partial charge in [0.15, 0.2) is 6.61 Å². The van der Waals surface area contributed by atoms with Crippen molar-refractivity contribution >= 4 is 17.5 Å². The molecule has 9 heteroatoms. The maximum Gasteiger partial charge on any atom is 0.422 e. The van der Waals surface area contributed by atoms with Crippen LogP contribution in [-0.4, -0.2) is 53.7 Å².